The average Bonchev–Trinajstić information content (AvgIpc) is 2.53. The number of benzene rings is 2. The number of nitro groups is 1. The molecule has 0 saturated heterocycles. The molecule has 0 fully saturated rings. The third-order valence-electron chi connectivity index (χ3n) is 3.03. The van der Waals surface area contributed by atoms with E-state index in [2.05, 4.69) is 14.8 Å². The molecular weight excluding hydrogens is 362 g/mol. The molecule has 0 aromatic heterocycles. The number of nitrogens with one attached hydrogen (secondary N) is 1. The number of carbonyl (C=O) groups is 1. The Balaban J connectivity index is 2.40. The molecule has 0 spiro atoms. The van der Waals surface area contributed by atoms with Crippen LogP contribution in [0.1, 0.15) is 10.4 Å². The van der Waals surface area contributed by atoms with E-state index in [1.165, 1.54) is 30.3 Å². The van der Waals surface area contributed by atoms with Gasteiger partial charge in [-0.25, -0.2) is 4.79 Å². The molecule has 2 aromatic carbocycles. The van der Waals surface area contributed by atoms with Crippen LogP contribution in [0.2, 0.25) is 5.02 Å². The fraction of sp³-hybridized carbons (Fsp3) is 0.133. The molecule has 0 aliphatic heterocycles. The molecule has 25 heavy (non-hydrogen) atoms. The molecule has 2 rings (SSSR count). The Morgan fingerprint density at radius 2 is 2.04 bits per heavy atom. The van der Waals surface area contributed by atoms with Crippen LogP contribution in [-0.4, -0.2) is 24.6 Å². The van der Waals surface area contributed by atoms with Crippen LogP contribution in [0.3, 0.4) is 0 Å². The lowest BCUT2D eigenvalue weighted by molar-refractivity contribution is -0.383. The van der Waals surface area contributed by atoms with Gasteiger partial charge in [0.2, 0.25) is 0 Å². The number of nitro benzene ring substituents is 1. The summed E-state index contributed by atoms with van der Waals surface area (Å²) in [7, 11) is 1.12. The highest BCUT2D eigenvalue weighted by Gasteiger charge is 2.22. The summed E-state index contributed by atoms with van der Waals surface area (Å²) < 4.78 is 33.3. The number of ether oxygens (including phenoxy) is 2. The second-order valence-corrected chi connectivity index (χ2v) is 5.04. The van der Waals surface area contributed by atoms with E-state index in [4.69, 9.17) is 11.6 Å². The van der Waals surface area contributed by atoms with Gasteiger partial charge in [-0.15, -0.1) is 0 Å². The minimum Gasteiger partial charge on any atom is -0.465 e. The maximum absolute atomic E-state index is 12.3. The van der Waals surface area contributed by atoms with Crippen molar-refractivity contribution in [1.82, 2.24) is 0 Å². The Morgan fingerprint density at radius 1 is 1.32 bits per heavy atom. The highest BCUT2D eigenvalue weighted by molar-refractivity contribution is 6.34. The Bertz CT molecular complexity index is 817. The maximum Gasteiger partial charge on any atom is 0.387 e. The largest absolute Gasteiger partial charge is 0.465 e. The molecule has 0 aliphatic carbocycles. The number of rotatable bonds is 6. The first-order valence-electron chi connectivity index (χ1n) is 6.70. The quantitative estimate of drug-likeness (QED) is 0.459. The summed E-state index contributed by atoms with van der Waals surface area (Å²) in [5, 5.41) is 13.9. The topological polar surface area (TPSA) is 90.7 Å². The summed E-state index contributed by atoms with van der Waals surface area (Å²) in [5.74, 6) is -0.952. The fourth-order valence-corrected chi connectivity index (χ4v) is 2.23. The minimum atomic E-state index is -3.00. The number of methoxy groups -OCH3 is 1. The van der Waals surface area contributed by atoms with Gasteiger partial charge in [0.25, 0.3) is 5.69 Å². The van der Waals surface area contributed by atoms with E-state index in [9.17, 15) is 23.7 Å². The van der Waals surface area contributed by atoms with E-state index in [0.717, 1.165) is 13.2 Å². The molecule has 1 N–H and O–H groups in total. The number of carbonyl (C=O) groups excluding carboxylic acids is 1. The molecule has 0 atom stereocenters. The molecule has 10 heteroatoms. The standard InChI is InChI=1S/C15H11ClF2N2O5/c1-24-14(21)10-6-13(20(22)23)12(7-11(10)16)19-8-3-2-4-9(5-8)25-15(17)18/h2-7,15,19H,1H3. The van der Waals surface area contributed by atoms with Crippen LogP contribution >= 0.6 is 11.6 Å². The normalized spacial score (nSPS) is 10.4. The van der Waals surface area contributed by atoms with Crippen molar-refractivity contribution in [1.29, 1.82) is 0 Å². The number of esters is 1. The lowest BCUT2D eigenvalue weighted by Gasteiger charge is -2.11. The molecular formula is C15H11ClF2N2O5. The minimum absolute atomic E-state index is 0.0307. The number of alkyl halides is 2. The van der Waals surface area contributed by atoms with Gasteiger partial charge in [0, 0.05) is 17.8 Å². The Kier molecular flexibility index (Phi) is 5.71. The molecule has 0 bridgehead atoms. The second-order valence-electron chi connectivity index (χ2n) is 4.63. The first-order chi connectivity index (χ1) is 11.8. The predicted molar refractivity (Wildman–Crippen MR) is 85.8 cm³/mol. The van der Waals surface area contributed by atoms with Crippen molar-refractivity contribution in [3.05, 3.63) is 57.1 Å². The van der Waals surface area contributed by atoms with Gasteiger partial charge in [-0.05, 0) is 18.2 Å². The van der Waals surface area contributed by atoms with E-state index in [-0.39, 0.29) is 27.7 Å². The Morgan fingerprint density at radius 3 is 2.64 bits per heavy atom. The zero-order chi connectivity index (χ0) is 18.6. The molecule has 0 radical (unpaired) electrons. The van der Waals surface area contributed by atoms with Crippen LogP contribution in [-0.2, 0) is 4.74 Å². The van der Waals surface area contributed by atoms with Crippen molar-refractivity contribution in [2.45, 2.75) is 6.61 Å². The number of anilines is 2. The number of hydrogen-bond donors (Lipinski definition) is 1. The lowest BCUT2D eigenvalue weighted by Crippen LogP contribution is -2.06. The third-order valence-corrected chi connectivity index (χ3v) is 3.34. The third kappa shape index (κ3) is 4.54. The van der Waals surface area contributed by atoms with E-state index >= 15 is 0 Å². The fourth-order valence-electron chi connectivity index (χ4n) is 1.98. The second kappa shape index (κ2) is 7.75. The van der Waals surface area contributed by atoms with Gasteiger partial charge in [-0.3, -0.25) is 10.1 Å². The number of halogens is 3. The lowest BCUT2D eigenvalue weighted by atomic mass is 10.1. The summed E-state index contributed by atoms with van der Waals surface area (Å²) in [4.78, 5) is 22.1. The van der Waals surface area contributed by atoms with Crippen molar-refractivity contribution in [3.8, 4) is 5.75 Å². The molecule has 0 unspecified atom stereocenters. The highest BCUT2D eigenvalue weighted by Crippen LogP contribution is 2.34. The van der Waals surface area contributed by atoms with E-state index in [1.54, 1.807) is 0 Å². The van der Waals surface area contributed by atoms with Crippen molar-refractivity contribution < 1.29 is 28.0 Å². The van der Waals surface area contributed by atoms with Gasteiger partial charge in [-0.2, -0.15) is 8.78 Å². The predicted octanol–water partition coefficient (Wildman–Crippen LogP) is 4.38. The van der Waals surface area contributed by atoms with Crippen LogP contribution in [0.4, 0.5) is 25.8 Å². The zero-order valence-electron chi connectivity index (χ0n) is 12.7. The summed E-state index contributed by atoms with van der Waals surface area (Å²) in [6.45, 7) is -3.00. The van der Waals surface area contributed by atoms with Crippen LogP contribution in [0, 0.1) is 10.1 Å². The van der Waals surface area contributed by atoms with Crippen LogP contribution in [0.5, 0.6) is 5.75 Å². The summed E-state index contributed by atoms with van der Waals surface area (Å²) in [6, 6.07) is 7.60. The molecule has 2 aromatic rings. The van der Waals surface area contributed by atoms with Crippen molar-refractivity contribution in [2.24, 2.45) is 0 Å². The van der Waals surface area contributed by atoms with Crippen molar-refractivity contribution in [3.63, 3.8) is 0 Å². The molecule has 0 amide bonds. The van der Waals surface area contributed by atoms with Gasteiger partial charge < -0.3 is 14.8 Å². The summed E-state index contributed by atoms with van der Waals surface area (Å²) >= 11 is 5.96. The van der Waals surface area contributed by atoms with Gasteiger partial charge in [0.15, 0.2) is 0 Å². The SMILES string of the molecule is COC(=O)c1cc([N+](=O)[O-])c(Nc2cccc(OC(F)F)c2)cc1Cl. The number of nitrogens with zero attached hydrogens (tertiary/aromatic N) is 1. The van der Waals surface area contributed by atoms with E-state index < -0.39 is 23.2 Å². The van der Waals surface area contributed by atoms with Crippen molar-refractivity contribution >= 4 is 34.6 Å². The molecule has 0 saturated carbocycles. The van der Waals surface area contributed by atoms with Crippen LogP contribution < -0.4 is 10.1 Å². The average molecular weight is 373 g/mol. The van der Waals surface area contributed by atoms with Crippen LogP contribution in [0.15, 0.2) is 36.4 Å². The zero-order valence-corrected chi connectivity index (χ0v) is 13.4. The number of hydrogen-bond acceptors (Lipinski definition) is 6. The Hall–Kier alpha value is -2.94. The van der Waals surface area contributed by atoms with Gasteiger partial charge in [0.1, 0.15) is 11.4 Å². The van der Waals surface area contributed by atoms with Crippen LogP contribution in [0.25, 0.3) is 0 Å². The molecule has 132 valence electrons. The Labute approximate surface area is 145 Å². The smallest absolute Gasteiger partial charge is 0.387 e. The molecule has 7 nitrogen and oxygen atoms in total. The molecule has 0 heterocycles. The first kappa shape index (κ1) is 18.4. The first-order valence-corrected chi connectivity index (χ1v) is 7.07. The highest BCUT2D eigenvalue weighted by atomic mass is 35.5. The van der Waals surface area contributed by atoms with Gasteiger partial charge in [-0.1, -0.05) is 17.7 Å². The monoisotopic (exact) mass is 372 g/mol. The van der Waals surface area contributed by atoms with E-state index in [1.807, 2.05) is 0 Å². The van der Waals surface area contributed by atoms with Gasteiger partial charge >= 0.3 is 12.6 Å². The summed E-state index contributed by atoms with van der Waals surface area (Å²) in [6.07, 6.45) is 0. The van der Waals surface area contributed by atoms with E-state index in [0.29, 0.717) is 0 Å². The maximum atomic E-state index is 12.3. The van der Waals surface area contributed by atoms with Crippen molar-refractivity contribution in [2.75, 3.05) is 12.4 Å². The van der Waals surface area contributed by atoms with Gasteiger partial charge in [0.05, 0.1) is 22.6 Å². The molecule has 0 aliphatic rings. The summed E-state index contributed by atoms with van der Waals surface area (Å²) in [5.41, 5.74) is -0.388.